The first-order valence-electron chi connectivity index (χ1n) is 22.0. The number of rotatable bonds is 14. The van der Waals surface area contributed by atoms with E-state index in [4.69, 9.17) is 4.74 Å². The summed E-state index contributed by atoms with van der Waals surface area (Å²) in [6.07, 6.45) is 0. The Bertz CT molecular complexity index is 3010. The van der Waals surface area contributed by atoms with Crippen LogP contribution < -0.4 is 31.1 Å². The second kappa shape index (κ2) is 21.6. The summed E-state index contributed by atoms with van der Waals surface area (Å²) in [6.45, 7) is 5.91. The van der Waals surface area contributed by atoms with Gasteiger partial charge in [0.15, 0.2) is 11.6 Å². The fourth-order valence-corrected chi connectivity index (χ4v) is 7.66. The highest BCUT2D eigenvalue weighted by Gasteiger charge is 2.36. The number of hydrogen-bond acceptors (Lipinski definition) is 13. The van der Waals surface area contributed by atoms with Crippen molar-refractivity contribution in [1.29, 1.82) is 0 Å². The molecule has 370 valence electrons. The van der Waals surface area contributed by atoms with E-state index in [1.54, 1.807) is 31.2 Å². The Morgan fingerprint density at radius 3 is 1.42 bits per heavy atom. The first-order chi connectivity index (χ1) is 33.9. The van der Waals surface area contributed by atoms with Crippen molar-refractivity contribution in [3.05, 3.63) is 129 Å². The number of fused-ring (bicyclic) bond motifs is 2. The Kier molecular flexibility index (Phi) is 15.4. The second-order valence-corrected chi connectivity index (χ2v) is 16.8. The number of anilines is 6. The highest BCUT2D eigenvalue weighted by atomic mass is 19.1. The van der Waals surface area contributed by atoms with Crippen LogP contribution in [0.5, 0.6) is 0 Å². The Morgan fingerprint density at radius 1 is 0.648 bits per heavy atom. The average Bonchev–Trinajstić information content (AvgIpc) is 3.32. The van der Waals surface area contributed by atoms with Gasteiger partial charge >= 0.3 is 24.0 Å². The van der Waals surface area contributed by atoms with E-state index in [1.165, 1.54) is 31.4 Å². The molecule has 2 aromatic heterocycles. The molecule has 71 heavy (non-hydrogen) atoms. The molecular weight excluding hydrogens is 929 g/mol. The van der Waals surface area contributed by atoms with Gasteiger partial charge in [0.05, 0.1) is 42.7 Å². The van der Waals surface area contributed by atoms with E-state index in [-0.39, 0.29) is 42.2 Å². The normalized spacial score (nSPS) is 12.9. The number of nitrogens with zero attached hydrogens (tertiary/aromatic N) is 8. The summed E-state index contributed by atoms with van der Waals surface area (Å²) < 4.78 is 63.9. The number of amides is 4. The molecule has 2 aliphatic heterocycles. The average molecular weight is 979 g/mol. The molecule has 0 saturated heterocycles. The number of aromatic nitrogens is 4. The predicted octanol–water partition coefficient (Wildman–Crippen LogP) is 7.61. The SMILES string of the molecule is COC(=O)c1ccc(C)c(-c2nc(NCCN(C)C)nc3c2CNC(=O)N3c2c(F)cccc2F)c1.Cc1ccc(C(=O)O)cc1-c1nc(NCCN(C)C)nc2c1CNC(=O)N2c1c(F)cccc1F. The number of carbonyl (C=O) groups is 4. The van der Waals surface area contributed by atoms with Crippen molar-refractivity contribution >= 4 is 58.9 Å². The van der Waals surface area contributed by atoms with Crippen LogP contribution in [0, 0.1) is 37.1 Å². The summed E-state index contributed by atoms with van der Waals surface area (Å²) in [7, 11) is 8.91. The number of aryl methyl sites for hydroxylation is 2. The topological polar surface area (TPSA) is 210 Å². The number of carboxylic acids is 1. The van der Waals surface area contributed by atoms with Crippen LogP contribution in [0.2, 0.25) is 0 Å². The first kappa shape index (κ1) is 50.6. The van der Waals surface area contributed by atoms with Crippen molar-refractivity contribution in [2.75, 3.05) is 81.9 Å². The fourth-order valence-electron chi connectivity index (χ4n) is 7.66. The number of carbonyl (C=O) groups excluding carboxylic acids is 3. The smallest absolute Gasteiger partial charge is 0.337 e. The third-order valence-corrected chi connectivity index (χ3v) is 11.3. The number of ether oxygens (including phenoxy) is 1. The summed E-state index contributed by atoms with van der Waals surface area (Å²) in [5, 5.41) is 21.0. The Morgan fingerprint density at radius 2 is 1.04 bits per heavy atom. The van der Waals surface area contributed by atoms with Crippen molar-refractivity contribution < 1.29 is 46.6 Å². The lowest BCUT2D eigenvalue weighted by Gasteiger charge is -2.31. The minimum absolute atomic E-state index is 0.00914. The number of aromatic carboxylic acids is 1. The molecule has 22 heteroatoms. The lowest BCUT2D eigenvalue weighted by molar-refractivity contribution is 0.0599. The van der Waals surface area contributed by atoms with Crippen LogP contribution in [-0.4, -0.2) is 120 Å². The number of likely N-dealkylation sites (N-methyl/N-ethyl adjacent to an activating group) is 2. The maximum absolute atomic E-state index is 14.8. The molecule has 0 bridgehead atoms. The van der Waals surface area contributed by atoms with Crippen LogP contribution in [0.1, 0.15) is 43.0 Å². The molecule has 0 saturated carbocycles. The third-order valence-electron chi connectivity index (χ3n) is 11.3. The van der Waals surface area contributed by atoms with Crippen LogP contribution >= 0.6 is 0 Å². The molecule has 4 heterocycles. The van der Waals surface area contributed by atoms with E-state index in [9.17, 15) is 41.8 Å². The van der Waals surface area contributed by atoms with E-state index < -0.39 is 58.6 Å². The molecule has 0 radical (unpaired) electrons. The highest BCUT2D eigenvalue weighted by Crippen LogP contribution is 2.41. The van der Waals surface area contributed by atoms with Crippen molar-refractivity contribution in [3.63, 3.8) is 0 Å². The summed E-state index contributed by atoms with van der Waals surface area (Å²) >= 11 is 0. The zero-order chi connectivity index (χ0) is 51.3. The number of para-hydroxylation sites is 2. The largest absolute Gasteiger partial charge is 0.478 e. The predicted molar refractivity (Wildman–Crippen MR) is 258 cm³/mol. The number of carboxylic acid groups (broad SMARTS) is 1. The van der Waals surface area contributed by atoms with Crippen LogP contribution in [0.25, 0.3) is 22.5 Å². The molecule has 5 N–H and O–H groups in total. The zero-order valence-corrected chi connectivity index (χ0v) is 39.7. The van der Waals surface area contributed by atoms with Gasteiger partial charge in [0.1, 0.15) is 34.6 Å². The number of urea groups is 2. The van der Waals surface area contributed by atoms with Crippen molar-refractivity contribution in [3.8, 4) is 22.5 Å². The van der Waals surface area contributed by atoms with Gasteiger partial charge in [-0.1, -0.05) is 24.3 Å². The maximum Gasteiger partial charge on any atom is 0.337 e. The molecular formula is C49H50F4N12O6. The Balaban J connectivity index is 0.000000209. The minimum atomic E-state index is -1.11. The monoisotopic (exact) mass is 978 g/mol. The summed E-state index contributed by atoms with van der Waals surface area (Å²) in [6, 6.07) is 14.8. The molecule has 2 aliphatic rings. The minimum Gasteiger partial charge on any atom is -0.478 e. The molecule has 18 nitrogen and oxygen atoms in total. The van der Waals surface area contributed by atoms with Crippen molar-refractivity contribution in [2.24, 2.45) is 0 Å². The van der Waals surface area contributed by atoms with Crippen LogP contribution in [0.15, 0.2) is 72.8 Å². The Hall–Kier alpha value is -8.24. The number of esters is 1. The molecule has 0 fully saturated rings. The van der Waals surface area contributed by atoms with Gasteiger partial charge in [0, 0.05) is 48.4 Å². The van der Waals surface area contributed by atoms with Crippen molar-refractivity contribution in [2.45, 2.75) is 26.9 Å². The maximum atomic E-state index is 14.8. The van der Waals surface area contributed by atoms with E-state index in [0.29, 0.717) is 65.4 Å². The molecule has 0 unspecified atom stereocenters. The fraction of sp³-hybridized carbons (Fsp3) is 0.265. The van der Waals surface area contributed by atoms with Gasteiger partial charge in [-0.05, 0) is 102 Å². The quantitative estimate of drug-likeness (QED) is 0.0526. The number of halogens is 4. The lowest BCUT2D eigenvalue weighted by atomic mass is 9.98. The van der Waals surface area contributed by atoms with Gasteiger partial charge in [-0.25, -0.2) is 56.5 Å². The third kappa shape index (κ3) is 11.0. The molecule has 4 amide bonds. The zero-order valence-electron chi connectivity index (χ0n) is 39.7. The lowest BCUT2D eigenvalue weighted by Crippen LogP contribution is -2.43. The van der Waals surface area contributed by atoms with E-state index in [0.717, 1.165) is 45.2 Å². The van der Waals surface area contributed by atoms with Gasteiger partial charge in [-0.2, -0.15) is 9.97 Å². The van der Waals surface area contributed by atoms with Gasteiger partial charge in [-0.15, -0.1) is 0 Å². The molecule has 0 spiro atoms. The summed E-state index contributed by atoms with van der Waals surface area (Å²) in [5.74, 6) is -4.96. The molecule has 4 aromatic carbocycles. The van der Waals surface area contributed by atoms with Gasteiger partial charge in [0.25, 0.3) is 0 Å². The van der Waals surface area contributed by atoms with Crippen LogP contribution in [0.4, 0.5) is 62.1 Å². The number of nitrogens with one attached hydrogen (secondary N) is 4. The van der Waals surface area contributed by atoms with Gasteiger partial charge < -0.3 is 40.9 Å². The van der Waals surface area contributed by atoms with Gasteiger partial charge in [-0.3, -0.25) is 0 Å². The molecule has 0 atom stereocenters. The second-order valence-electron chi connectivity index (χ2n) is 16.8. The standard InChI is InChI=1S/C25H26F2N6O3.C24H24F2N6O3/c1-14-8-9-15(23(34)36-4)12-16(14)20-17-13-29-25(35)33(21-18(26)6-5-7-19(21)27)22(17)31-24(30-20)28-10-11-32(2)3;1-13-7-8-14(22(33)34)11-15(13)19-16-12-28-24(35)32(20-17(25)5-4-6-18(20)26)21(16)30-23(29-19)27-9-10-31(2)3/h5-9,12H,10-11,13H2,1-4H3,(H,29,35)(H,28,30,31);4-8,11H,9-10,12H2,1-3H3,(H,28,35)(H,33,34)(H,27,29,30). The van der Waals surface area contributed by atoms with E-state index in [2.05, 4.69) is 41.2 Å². The number of benzene rings is 4. The number of hydrogen-bond donors (Lipinski definition) is 5. The first-order valence-corrected chi connectivity index (χ1v) is 22.0. The van der Waals surface area contributed by atoms with E-state index >= 15 is 0 Å². The molecule has 0 aliphatic carbocycles. The van der Waals surface area contributed by atoms with Crippen LogP contribution in [0.3, 0.4) is 0 Å². The van der Waals surface area contributed by atoms with Crippen LogP contribution in [-0.2, 0) is 17.8 Å². The summed E-state index contributed by atoms with van der Waals surface area (Å²) in [4.78, 5) is 73.4. The van der Waals surface area contributed by atoms with E-state index in [1.807, 2.05) is 44.9 Å². The molecule has 6 aromatic rings. The highest BCUT2D eigenvalue weighted by molar-refractivity contribution is 6.03. The number of methoxy groups -OCH3 is 1. The van der Waals surface area contributed by atoms with Gasteiger partial charge in [0.2, 0.25) is 11.9 Å². The summed E-state index contributed by atoms with van der Waals surface area (Å²) in [5.41, 5.74) is 3.49. The molecule has 8 rings (SSSR count). The Labute approximate surface area is 405 Å². The van der Waals surface area contributed by atoms with Crippen molar-refractivity contribution in [1.82, 2.24) is 40.4 Å².